The number of H-pyrrole nitrogens is 1. The second-order valence-electron chi connectivity index (χ2n) is 7.98. The van der Waals surface area contributed by atoms with Crippen molar-refractivity contribution in [3.63, 3.8) is 0 Å². The zero-order valence-corrected chi connectivity index (χ0v) is 21.5. The first-order chi connectivity index (χ1) is 16.9. The first kappa shape index (κ1) is 29.7. The van der Waals surface area contributed by atoms with Crippen molar-refractivity contribution in [1.82, 2.24) is 19.5 Å². The Balaban J connectivity index is 1.89. The van der Waals surface area contributed by atoms with Gasteiger partial charge in [0, 0.05) is 0 Å². The van der Waals surface area contributed by atoms with Gasteiger partial charge in [-0.25, -0.2) is 18.7 Å². The molecule has 3 rings (SSSR count). The lowest BCUT2D eigenvalue weighted by atomic mass is 10.0. The van der Waals surface area contributed by atoms with E-state index in [-0.39, 0.29) is 30.0 Å². The molecule has 0 aliphatic carbocycles. The number of aromatic nitrogens is 4. The number of nitrogens with zero attached hydrogens (tertiary/aromatic N) is 3. The molecule has 0 bridgehead atoms. The number of nitrogens with one attached hydrogen (secondary N) is 1. The molecule has 0 saturated carbocycles. The molecular formula is C15H24N5O14P3. The van der Waals surface area contributed by atoms with Gasteiger partial charge in [-0.3, -0.25) is 18.9 Å². The molecule has 1 aliphatic rings. The third-order valence-corrected chi connectivity index (χ3v) is 8.77. The fourth-order valence-electron chi connectivity index (χ4n) is 3.49. The van der Waals surface area contributed by atoms with E-state index in [4.69, 9.17) is 24.8 Å². The summed E-state index contributed by atoms with van der Waals surface area (Å²) >= 11 is 0. The summed E-state index contributed by atoms with van der Waals surface area (Å²) in [5.41, 5.74) is 5.11. The summed E-state index contributed by atoms with van der Waals surface area (Å²) in [5.74, 6) is -0.282. The maximum absolute atomic E-state index is 12.4. The van der Waals surface area contributed by atoms with Crippen LogP contribution in [-0.4, -0.2) is 73.7 Å². The molecule has 3 unspecified atom stereocenters. The first-order valence-electron chi connectivity index (χ1n) is 10.1. The molecule has 9 N–H and O–H groups in total. The number of hydrogen-bond donors (Lipinski definition) is 8. The number of phosphoric ester groups is 1. The normalized spacial score (nSPS) is 26.6. The minimum absolute atomic E-state index is 0.106. The molecule has 0 amide bonds. The molecule has 208 valence electrons. The van der Waals surface area contributed by atoms with Crippen LogP contribution in [0.2, 0.25) is 0 Å². The first-order valence-corrected chi connectivity index (χ1v) is 14.6. The fraction of sp³-hybridized carbons (Fsp3) is 0.533. The zero-order chi connectivity index (χ0) is 27.9. The Morgan fingerprint density at radius 3 is 2.46 bits per heavy atom. The van der Waals surface area contributed by atoms with Crippen LogP contribution in [0.4, 0.5) is 5.95 Å². The van der Waals surface area contributed by atoms with E-state index in [0.29, 0.717) is 5.57 Å². The van der Waals surface area contributed by atoms with Crippen LogP contribution in [0.3, 0.4) is 0 Å². The van der Waals surface area contributed by atoms with Crippen molar-refractivity contribution in [3.05, 3.63) is 28.8 Å². The predicted octanol–water partition coefficient (Wildman–Crippen LogP) is -0.611. The SMILES string of the molecule is C=C(C)CCC(OP(=O)(O)OP(=O)(O)OP(=O)(O)O)[C@H]1O[C@@H](n2cnc3c(=O)[nH]c(N)nc32)[C@H](O)[C@@H]1O. The average Bonchev–Trinajstić information content (AvgIpc) is 3.24. The van der Waals surface area contributed by atoms with Crippen LogP contribution in [0, 0.1) is 0 Å². The lowest BCUT2D eigenvalue weighted by Crippen LogP contribution is -2.39. The quantitative estimate of drug-likeness (QED) is 0.119. The van der Waals surface area contributed by atoms with Crippen molar-refractivity contribution in [1.29, 1.82) is 0 Å². The van der Waals surface area contributed by atoms with E-state index in [0.717, 1.165) is 10.9 Å². The van der Waals surface area contributed by atoms with Crippen molar-refractivity contribution >= 4 is 40.6 Å². The molecular weight excluding hydrogens is 567 g/mol. The molecule has 0 radical (unpaired) electrons. The molecule has 37 heavy (non-hydrogen) atoms. The van der Waals surface area contributed by atoms with Crippen LogP contribution in [0.25, 0.3) is 11.2 Å². The van der Waals surface area contributed by atoms with Crippen LogP contribution < -0.4 is 11.3 Å². The van der Waals surface area contributed by atoms with Gasteiger partial charge in [-0.1, -0.05) is 5.57 Å². The molecule has 0 spiro atoms. The average molecular weight is 591 g/mol. The number of imidazole rings is 1. The summed E-state index contributed by atoms with van der Waals surface area (Å²) < 4.78 is 54.0. The van der Waals surface area contributed by atoms with Crippen molar-refractivity contribution in [3.8, 4) is 0 Å². The van der Waals surface area contributed by atoms with Gasteiger partial charge in [-0.05, 0) is 19.8 Å². The molecule has 1 saturated heterocycles. The predicted molar refractivity (Wildman–Crippen MR) is 121 cm³/mol. The summed E-state index contributed by atoms with van der Waals surface area (Å²) in [6.45, 7) is 5.26. The van der Waals surface area contributed by atoms with Crippen LogP contribution in [-0.2, 0) is 31.6 Å². The highest BCUT2D eigenvalue weighted by Gasteiger charge is 2.51. The van der Waals surface area contributed by atoms with Crippen molar-refractivity contribution in [2.45, 2.75) is 50.4 Å². The minimum atomic E-state index is -5.81. The van der Waals surface area contributed by atoms with Crippen molar-refractivity contribution in [2.75, 3.05) is 5.73 Å². The Labute approximate surface area is 207 Å². The number of allylic oxidation sites excluding steroid dienone is 1. The number of rotatable bonds is 11. The summed E-state index contributed by atoms with van der Waals surface area (Å²) in [4.78, 5) is 58.8. The zero-order valence-electron chi connectivity index (χ0n) is 18.8. The third kappa shape index (κ3) is 7.40. The molecule has 19 nitrogen and oxygen atoms in total. The molecule has 0 aromatic carbocycles. The number of nitrogen functional groups attached to an aromatic ring is 1. The van der Waals surface area contributed by atoms with E-state index < -0.39 is 59.7 Å². The summed E-state index contributed by atoms with van der Waals surface area (Å²) in [6.07, 6.45) is -7.26. The fourth-order valence-corrected chi connectivity index (χ4v) is 6.72. The highest BCUT2D eigenvalue weighted by molar-refractivity contribution is 7.66. The van der Waals surface area contributed by atoms with Crippen molar-refractivity contribution < 1.29 is 61.4 Å². The maximum Gasteiger partial charge on any atom is 0.490 e. The van der Waals surface area contributed by atoms with Gasteiger partial charge in [0.15, 0.2) is 17.4 Å². The van der Waals surface area contributed by atoms with Gasteiger partial charge in [0.05, 0.1) is 12.4 Å². The van der Waals surface area contributed by atoms with E-state index in [1.54, 1.807) is 6.92 Å². The van der Waals surface area contributed by atoms with Gasteiger partial charge in [0.2, 0.25) is 5.95 Å². The van der Waals surface area contributed by atoms with Gasteiger partial charge >= 0.3 is 23.5 Å². The molecule has 1 fully saturated rings. The van der Waals surface area contributed by atoms with E-state index in [1.807, 2.05) is 0 Å². The van der Waals surface area contributed by atoms with E-state index >= 15 is 0 Å². The number of fused-ring (bicyclic) bond motifs is 1. The number of aromatic amines is 1. The maximum atomic E-state index is 12.4. The molecule has 3 heterocycles. The lowest BCUT2D eigenvalue weighted by Gasteiger charge is -2.27. The molecule has 22 heteroatoms. The highest BCUT2D eigenvalue weighted by atomic mass is 31.3. The summed E-state index contributed by atoms with van der Waals surface area (Å²) in [7, 11) is -17.1. The summed E-state index contributed by atoms with van der Waals surface area (Å²) in [6, 6.07) is 0. The van der Waals surface area contributed by atoms with Crippen LogP contribution in [0.15, 0.2) is 23.3 Å². The van der Waals surface area contributed by atoms with E-state index in [1.165, 1.54) is 0 Å². The Morgan fingerprint density at radius 2 is 1.86 bits per heavy atom. The minimum Gasteiger partial charge on any atom is -0.387 e. The monoisotopic (exact) mass is 591 g/mol. The molecule has 2 aromatic heterocycles. The number of hydrogen-bond acceptors (Lipinski definition) is 13. The van der Waals surface area contributed by atoms with Gasteiger partial charge < -0.3 is 40.3 Å². The Hall–Kier alpha value is -1.82. The number of aliphatic hydroxyl groups is 2. The van der Waals surface area contributed by atoms with Crippen molar-refractivity contribution in [2.24, 2.45) is 0 Å². The standard InChI is InChI=1S/C15H24N5O14P3/c1-6(2)3-4-7(32-36(27,28)34-37(29,30)33-35(24,25)26)11-9(21)10(22)14(31-11)20-5-17-8-12(20)18-15(16)19-13(8)23/h5,7,9-11,14,21-22H,1,3-4H2,2H3,(H,27,28)(H,29,30)(H2,24,25,26)(H3,16,18,19,23)/t7?,9-,10+,11+,14+/m0/s1. The topological polar surface area (TPSA) is 299 Å². The number of phosphoric acid groups is 3. The Bertz CT molecular complexity index is 1370. The lowest BCUT2D eigenvalue weighted by molar-refractivity contribution is -0.0825. The Morgan fingerprint density at radius 1 is 1.22 bits per heavy atom. The van der Waals surface area contributed by atoms with Crippen LogP contribution >= 0.6 is 23.5 Å². The van der Waals surface area contributed by atoms with Gasteiger partial charge in [-0.2, -0.15) is 13.6 Å². The van der Waals surface area contributed by atoms with Crippen LogP contribution in [0.5, 0.6) is 0 Å². The number of aliphatic hydroxyl groups excluding tert-OH is 2. The van der Waals surface area contributed by atoms with E-state index in [9.17, 15) is 38.5 Å². The third-order valence-electron chi connectivity index (χ3n) is 4.91. The number of nitrogens with two attached hydrogens (primary N) is 1. The second kappa shape index (κ2) is 10.7. The van der Waals surface area contributed by atoms with Gasteiger partial charge in [0.1, 0.15) is 18.3 Å². The number of ether oxygens (including phenoxy) is 1. The highest BCUT2D eigenvalue weighted by Crippen LogP contribution is 2.67. The second-order valence-corrected chi connectivity index (χ2v) is 12.4. The van der Waals surface area contributed by atoms with Crippen LogP contribution in [0.1, 0.15) is 26.0 Å². The largest absolute Gasteiger partial charge is 0.490 e. The molecule has 7 atom stereocenters. The number of anilines is 1. The van der Waals surface area contributed by atoms with Gasteiger partial charge in [0.25, 0.3) is 5.56 Å². The smallest absolute Gasteiger partial charge is 0.387 e. The Kier molecular flexibility index (Phi) is 8.63. The molecule has 1 aliphatic heterocycles. The van der Waals surface area contributed by atoms with Gasteiger partial charge in [-0.15, -0.1) is 6.58 Å². The molecule has 2 aromatic rings. The summed E-state index contributed by atoms with van der Waals surface area (Å²) in [5, 5.41) is 21.3. The van der Waals surface area contributed by atoms with E-state index in [2.05, 4.69) is 30.2 Å².